The first-order valence-electron chi connectivity index (χ1n) is 7.06. The second kappa shape index (κ2) is 7.54. The molecule has 2 aromatic carbocycles. The Hall–Kier alpha value is -2.69. The molecular weight excluding hydrogens is 300 g/mol. The highest BCUT2D eigenvalue weighted by molar-refractivity contribution is 6.02. The van der Waals surface area contributed by atoms with Crippen molar-refractivity contribution in [2.24, 2.45) is 0 Å². The molecule has 120 valence electrons. The van der Waals surface area contributed by atoms with Gasteiger partial charge in [-0.15, -0.1) is 0 Å². The number of amides is 1. The molecule has 0 saturated carbocycles. The number of hydrogen-bond acceptors (Lipinski definition) is 2. The molecule has 0 aromatic heterocycles. The lowest BCUT2D eigenvalue weighted by molar-refractivity contribution is -0.111. The first-order chi connectivity index (χ1) is 11.0. The summed E-state index contributed by atoms with van der Waals surface area (Å²) >= 11 is 0. The van der Waals surface area contributed by atoms with E-state index in [1.165, 1.54) is 18.2 Å². The molecule has 0 heterocycles. The summed E-state index contributed by atoms with van der Waals surface area (Å²) in [5.41, 5.74) is 3.17. The Labute approximate surface area is 133 Å². The Balaban J connectivity index is 2.09. The minimum absolute atomic E-state index is 0.0260. The molecule has 0 aliphatic heterocycles. The summed E-state index contributed by atoms with van der Waals surface area (Å²) in [7, 11) is 0. The lowest BCUT2D eigenvalue weighted by atomic mass is 10.1. The Morgan fingerprint density at radius 1 is 1.17 bits per heavy atom. The van der Waals surface area contributed by atoms with Gasteiger partial charge in [0.05, 0.1) is 0 Å². The second-order valence-corrected chi connectivity index (χ2v) is 5.06. The minimum Gasteiger partial charge on any atom is -0.434 e. The van der Waals surface area contributed by atoms with Crippen molar-refractivity contribution in [3.05, 3.63) is 65.2 Å². The number of halogens is 2. The summed E-state index contributed by atoms with van der Waals surface area (Å²) in [6.45, 7) is 0.963. The normalized spacial score (nSPS) is 11.0. The molecule has 5 heteroatoms. The molecule has 0 aliphatic carbocycles. The van der Waals surface area contributed by atoms with Gasteiger partial charge in [0.25, 0.3) is 0 Å². The number of ether oxygens (including phenoxy) is 1. The van der Waals surface area contributed by atoms with Crippen molar-refractivity contribution in [2.45, 2.75) is 20.5 Å². The van der Waals surface area contributed by atoms with Gasteiger partial charge in [-0.25, -0.2) is 0 Å². The Morgan fingerprint density at radius 2 is 1.91 bits per heavy atom. The van der Waals surface area contributed by atoms with Crippen LogP contribution in [-0.2, 0) is 4.79 Å². The predicted octanol–water partition coefficient (Wildman–Crippen LogP) is 4.56. The molecule has 0 atom stereocenters. The quantitative estimate of drug-likeness (QED) is 0.821. The zero-order valence-electron chi connectivity index (χ0n) is 12.8. The zero-order valence-corrected chi connectivity index (χ0v) is 12.8. The number of aryl methyl sites for hydroxylation is 2. The molecule has 0 spiro atoms. The molecule has 2 rings (SSSR count). The summed E-state index contributed by atoms with van der Waals surface area (Å²) in [6, 6.07) is 12.0. The summed E-state index contributed by atoms with van der Waals surface area (Å²) < 4.78 is 29.1. The summed E-state index contributed by atoms with van der Waals surface area (Å²) in [5.74, 6) is -0.318. The van der Waals surface area contributed by atoms with Gasteiger partial charge in [-0.1, -0.05) is 35.9 Å². The van der Waals surface area contributed by atoms with Crippen LogP contribution in [0.3, 0.4) is 0 Å². The fraction of sp³-hybridized carbons (Fsp3) is 0.167. The molecule has 2 aromatic rings. The number of carbonyl (C=O) groups excluding carboxylic acids is 1. The maximum atomic E-state index is 12.3. The Kier molecular flexibility index (Phi) is 5.46. The highest BCUT2D eigenvalue weighted by atomic mass is 19.3. The molecule has 23 heavy (non-hydrogen) atoms. The van der Waals surface area contributed by atoms with Crippen molar-refractivity contribution in [3.8, 4) is 5.75 Å². The van der Waals surface area contributed by atoms with Crippen molar-refractivity contribution in [2.75, 3.05) is 5.32 Å². The first kappa shape index (κ1) is 16.7. The van der Waals surface area contributed by atoms with Crippen LogP contribution in [-0.4, -0.2) is 12.5 Å². The Morgan fingerprint density at radius 3 is 2.61 bits per heavy atom. The van der Waals surface area contributed by atoms with Gasteiger partial charge in [0.15, 0.2) is 0 Å². The number of benzene rings is 2. The van der Waals surface area contributed by atoms with E-state index in [0.29, 0.717) is 11.3 Å². The molecule has 0 radical (unpaired) electrons. The number of rotatable bonds is 5. The second-order valence-electron chi connectivity index (χ2n) is 5.06. The molecule has 0 saturated heterocycles. The van der Waals surface area contributed by atoms with Gasteiger partial charge in [-0.3, -0.25) is 4.79 Å². The maximum absolute atomic E-state index is 12.3. The van der Waals surface area contributed by atoms with Crippen molar-refractivity contribution in [1.82, 2.24) is 0 Å². The number of carbonyl (C=O) groups is 1. The third-order valence-corrected chi connectivity index (χ3v) is 3.19. The van der Waals surface area contributed by atoms with Gasteiger partial charge >= 0.3 is 6.61 Å². The van der Waals surface area contributed by atoms with E-state index in [1.54, 1.807) is 18.2 Å². The van der Waals surface area contributed by atoms with E-state index in [0.717, 1.165) is 11.1 Å². The Bertz CT molecular complexity index is 727. The summed E-state index contributed by atoms with van der Waals surface area (Å²) in [5, 5.41) is 2.75. The molecule has 3 nitrogen and oxygen atoms in total. The number of alkyl halides is 2. The van der Waals surface area contributed by atoms with E-state index in [4.69, 9.17) is 0 Å². The van der Waals surface area contributed by atoms with Crippen LogP contribution in [0.5, 0.6) is 5.75 Å². The van der Waals surface area contributed by atoms with E-state index >= 15 is 0 Å². The van der Waals surface area contributed by atoms with Gasteiger partial charge in [-0.2, -0.15) is 8.78 Å². The van der Waals surface area contributed by atoms with Crippen molar-refractivity contribution >= 4 is 17.7 Å². The predicted molar refractivity (Wildman–Crippen MR) is 86.7 cm³/mol. The summed E-state index contributed by atoms with van der Waals surface area (Å²) in [6.07, 6.45) is 2.73. The van der Waals surface area contributed by atoms with Gasteiger partial charge in [0.2, 0.25) is 5.91 Å². The standard InChI is InChI=1S/C18H17F2NO2/c1-12-7-9-15(13(2)11-12)21-17(22)10-8-14-5-3-4-6-16(14)23-18(19)20/h3-11,18H,1-2H3,(H,21,22)/b10-8+. The molecule has 0 unspecified atom stereocenters. The van der Waals surface area contributed by atoms with Gasteiger partial charge < -0.3 is 10.1 Å². The third kappa shape index (κ3) is 4.92. The van der Waals surface area contributed by atoms with Crippen molar-refractivity contribution in [3.63, 3.8) is 0 Å². The van der Waals surface area contributed by atoms with Crippen molar-refractivity contribution < 1.29 is 18.3 Å². The number of para-hydroxylation sites is 1. The average Bonchev–Trinajstić information content (AvgIpc) is 2.49. The van der Waals surface area contributed by atoms with E-state index in [9.17, 15) is 13.6 Å². The lowest BCUT2D eigenvalue weighted by Crippen LogP contribution is -2.09. The molecule has 0 fully saturated rings. The third-order valence-electron chi connectivity index (χ3n) is 3.19. The van der Waals surface area contributed by atoms with E-state index < -0.39 is 6.61 Å². The van der Waals surface area contributed by atoms with Crippen LogP contribution < -0.4 is 10.1 Å². The van der Waals surface area contributed by atoms with Crippen LogP contribution in [0, 0.1) is 13.8 Å². The van der Waals surface area contributed by atoms with Gasteiger partial charge in [0.1, 0.15) is 5.75 Å². The molecule has 0 bridgehead atoms. The van der Waals surface area contributed by atoms with E-state index in [-0.39, 0.29) is 11.7 Å². The van der Waals surface area contributed by atoms with Crippen LogP contribution in [0.2, 0.25) is 0 Å². The molecule has 1 N–H and O–H groups in total. The topological polar surface area (TPSA) is 38.3 Å². The highest BCUT2D eigenvalue weighted by Gasteiger charge is 2.07. The largest absolute Gasteiger partial charge is 0.434 e. The average molecular weight is 317 g/mol. The highest BCUT2D eigenvalue weighted by Crippen LogP contribution is 2.22. The molecular formula is C18H17F2NO2. The summed E-state index contributed by atoms with van der Waals surface area (Å²) in [4.78, 5) is 12.0. The van der Waals surface area contributed by atoms with E-state index in [2.05, 4.69) is 10.1 Å². The molecule has 0 aliphatic rings. The fourth-order valence-electron chi connectivity index (χ4n) is 2.12. The number of anilines is 1. The van der Waals surface area contributed by atoms with Crippen LogP contribution in [0.25, 0.3) is 6.08 Å². The maximum Gasteiger partial charge on any atom is 0.387 e. The van der Waals surface area contributed by atoms with Crippen LogP contribution >= 0.6 is 0 Å². The van der Waals surface area contributed by atoms with Crippen LogP contribution in [0.1, 0.15) is 16.7 Å². The monoisotopic (exact) mass is 317 g/mol. The zero-order chi connectivity index (χ0) is 16.8. The first-order valence-corrected chi connectivity index (χ1v) is 7.06. The van der Waals surface area contributed by atoms with E-state index in [1.807, 2.05) is 32.0 Å². The number of hydrogen-bond donors (Lipinski definition) is 1. The van der Waals surface area contributed by atoms with Crippen LogP contribution in [0.15, 0.2) is 48.5 Å². The SMILES string of the molecule is Cc1ccc(NC(=O)/C=C/c2ccccc2OC(F)F)c(C)c1. The lowest BCUT2D eigenvalue weighted by Gasteiger charge is -2.08. The van der Waals surface area contributed by atoms with Gasteiger partial charge in [0, 0.05) is 17.3 Å². The van der Waals surface area contributed by atoms with Crippen molar-refractivity contribution in [1.29, 1.82) is 0 Å². The van der Waals surface area contributed by atoms with Gasteiger partial charge in [-0.05, 0) is 37.6 Å². The minimum atomic E-state index is -2.91. The van der Waals surface area contributed by atoms with Crippen LogP contribution in [0.4, 0.5) is 14.5 Å². The smallest absolute Gasteiger partial charge is 0.387 e. The fourth-order valence-corrected chi connectivity index (χ4v) is 2.12. The number of nitrogens with one attached hydrogen (secondary N) is 1. The molecule has 1 amide bonds.